The van der Waals surface area contributed by atoms with Gasteiger partial charge in [-0.05, 0) is 31.2 Å². The van der Waals surface area contributed by atoms with Crippen molar-refractivity contribution in [1.29, 1.82) is 5.26 Å². The maximum absolute atomic E-state index is 13.3. The molecule has 23 heteroatoms. The molecule has 3 aliphatic heterocycles. The molecule has 12 atom stereocenters. The number of piperidine rings is 1. The number of hydrogen-bond donors (Lipinski definition) is 6. The fourth-order valence-electron chi connectivity index (χ4n) is 7.75. The average Bonchev–Trinajstić information content (AvgIpc) is 3.67. The van der Waals surface area contributed by atoms with Gasteiger partial charge in [-0.2, -0.15) is 5.26 Å². The monoisotopic (exact) mass is 864 g/mol. The van der Waals surface area contributed by atoms with Gasteiger partial charge in [0.1, 0.15) is 66.9 Å². The summed E-state index contributed by atoms with van der Waals surface area (Å²) in [5.74, 6) is -0.560. The van der Waals surface area contributed by atoms with Crippen molar-refractivity contribution in [3.05, 3.63) is 18.6 Å². The van der Waals surface area contributed by atoms with Crippen molar-refractivity contribution in [2.45, 2.75) is 114 Å². The van der Waals surface area contributed by atoms with Gasteiger partial charge in [0, 0.05) is 54.0 Å². The number of anilines is 1. The lowest BCUT2D eigenvalue weighted by atomic mass is 9.92. The van der Waals surface area contributed by atoms with Crippen molar-refractivity contribution in [2.75, 3.05) is 59.0 Å². The van der Waals surface area contributed by atoms with E-state index in [2.05, 4.69) is 27.5 Å². The molecule has 0 spiro atoms. The van der Waals surface area contributed by atoms with Crippen molar-refractivity contribution >= 4 is 40.7 Å². The van der Waals surface area contributed by atoms with Crippen molar-refractivity contribution < 1.29 is 72.8 Å². The van der Waals surface area contributed by atoms with Crippen molar-refractivity contribution in [1.82, 2.24) is 30.1 Å². The van der Waals surface area contributed by atoms with Crippen molar-refractivity contribution in [3.63, 3.8) is 0 Å². The summed E-state index contributed by atoms with van der Waals surface area (Å²) in [5.41, 5.74) is 0.518. The first-order valence-corrected chi connectivity index (χ1v) is 19.9. The molecule has 3 fully saturated rings. The van der Waals surface area contributed by atoms with Crippen LogP contribution >= 0.6 is 0 Å². The number of rotatable bonds is 17. The molecule has 0 radical (unpaired) electrons. The Morgan fingerprint density at radius 1 is 1.03 bits per heavy atom. The summed E-state index contributed by atoms with van der Waals surface area (Å²) in [5, 5.41) is 57.4. The van der Waals surface area contributed by atoms with E-state index >= 15 is 0 Å². The van der Waals surface area contributed by atoms with Gasteiger partial charge < -0.3 is 74.0 Å². The van der Waals surface area contributed by atoms with Gasteiger partial charge in [-0.3, -0.25) is 19.0 Å². The van der Waals surface area contributed by atoms with Crippen LogP contribution in [0.5, 0.6) is 0 Å². The molecule has 23 nitrogen and oxygen atoms in total. The second-order valence-corrected chi connectivity index (χ2v) is 15.1. The van der Waals surface area contributed by atoms with Crippen LogP contribution in [0, 0.1) is 17.2 Å². The molecule has 0 bridgehead atoms. The van der Waals surface area contributed by atoms with Crippen LogP contribution in [0.15, 0.2) is 18.6 Å². The number of aromatic nitrogens is 3. The number of fused-ring (bicyclic) bond motifs is 1. The Morgan fingerprint density at radius 3 is 2.49 bits per heavy atom. The largest absolute Gasteiger partial charge is 0.510 e. The summed E-state index contributed by atoms with van der Waals surface area (Å²) in [6.45, 7) is 3.59. The quantitative estimate of drug-likeness (QED) is 0.0748. The number of carbonyl (C=O) groups excluding carboxylic acids is 4. The number of carbonyl (C=O) groups is 4. The Morgan fingerprint density at radius 2 is 1.80 bits per heavy atom. The molecule has 3 aliphatic rings. The number of nitrogens with zero attached hydrogens (tertiary/aromatic N) is 6. The maximum atomic E-state index is 13.3. The minimum atomic E-state index is -1.77. The Labute approximate surface area is 351 Å². The zero-order valence-corrected chi connectivity index (χ0v) is 34.7. The number of likely N-dealkylation sites (tertiary alicyclic amines) is 1. The maximum Gasteiger partial charge on any atom is 0.510 e. The fourth-order valence-corrected chi connectivity index (χ4v) is 7.75. The highest BCUT2D eigenvalue weighted by Gasteiger charge is 2.53. The predicted octanol–water partition coefficient (Wildman–Crippen LogP) is -1.90. The number of unbranched alkanes of at least 4 members (excludes halogenated alkanes) is 1. The van der Waals surface area contributed by atoms with Crippen LogP contribution in [-0.4, -0.2) is 185 Å². The molecule has 0 aromatic carbocycles. The topological polar surface area (TPSA) is 299 Å². The van der Waals surface area contributed by atoms with Gasteiger partial charge in [0.25, 0.3) is 5.91 Å². The average molecular weight is 865 g/mol. The highest BCUT2D eigenvalue weighted by molar-refractivity contribution is 5.88. The van der Waals surface area contributed by atoms with Crippen LogP contribution < -0.4 is 15.5 Å². The summed E-state index contributed by atoms with van der Waals surface area (Å²) >= 11 is 0. The van der Waals surface area contributed by atoms with Crippen LogP contribution in [0.2, 0.25) is 0 Å². The van der Waals surface area contributed by atoms with Gasteiger partial charge in [0.15, 0.2) is 25.4 Å². The molecule has 0 saturated carbocycles. The van der Waals surface area contributed by atoms with Crippen LogP contribution in [0.25, 0.3) is 11.0 Å². The lowest BCUT2D eigenvalue weighted by molar-refractivity contribution is -0.338. The van der Waals surface area contributed by atoms with E-state index in [0.29, 0.717) is 42.8 Å². The number of hydrogen-bond acceptors (Lipinski definition) is 19. The fraction of sp³-hybridized carbons (Fsp3) is 0.711. The second-order valence-electron chi connectivity index (χ2n) is 15.1. The molecule has 5 heterocycles. The smallest absolute Gasteiger partial charge is 0.434 e. The number of methoxy groups -OCH3 is 2. The number of nitriles is 1. The number of amides is 3. The van der Waals surface area contributed by atoms with E-state index in [-0.39, 0.29) is 44.2 Å². The molecule has 6 unspecified atom stereocenters. The third-order valence-electron chi connectivity index (χ3n) is 11.1. The summed E-state index contributed by atoms with van der Waals surface area (Å²) in [7, 11) is 4.39. The Hall–Kier alpha value is -4.77. The molecule has 61 heavy (non-hydrogen) atoms. The highest BCUT2D eigenvalue weighted by atomic mass is 16.7. The van der Waals surface area contributed by atoms with E-state index in [9.17, 15) is 39.6 Å². The normalized spacial score (nSPS) is 30.3. The van der Waals surface area contributed by atoms with E-state index in [1.165, 1.54) is 27.5 Å². The van der Waals surface area contributed by atoms with Gasteiger partial charge in [-0.15, -0.1) is 0 Å². The first-order valence-electron chi connectivity index (χ1n) is 19.9. The molecule has 0 aliphatic carbocycles. The lowest BCUT2D eigenvalue weighted by Gasteiger charge is -2.47. The summed E-state index contributed by atoms with van der Waals surface area (Å²) < 4.78 is 39.9. The van der Waals surface area contributed by atoms with E-state index < -0.39 is 85.9 Å². The van der Waals surface area contributed by atoms with Gasteiger partial charge in [-0.1, -0.05) is 6.92 Å². The zero-order chi connectivity index (χ0) is 44.4. The molecule has 2 aromatic heterocycles. The summed E-state index contributed by atoms with van der Waals surface area (Å²) in [4.78, 5) is 62.8. The van der Waals surface area contributed by atoms with Gasteiger partial charge >= 0.3 is 6.16 Å². The Balaban J connectivity index is 1.08. The number of aliphatic hydroxyl groups excluding tert-OH is 4. The third-order valence-corrected chi connectivity index (χ3v) is 11.1. The van der Waals surface area contributed by atoms with Crippen LogP contribution in [0.4, 0.5) is 10.6 Å². The number of aliphatic hydroxyl groups is 4. The third kappa shape index (κ3) is 11.2. The van der Waals surface area contributed by atoms with E-state index in [0.717, 1.165) is 6.42 Å². The minimum absolute atomic E-state index is 0.0344. The molecule has 3 saturated heterocycles. The number of nitrogens with one attached hydrogen (secondary N) is 2. The van der Waals surface area contributed by atoms with Gasteiger partial charge in [0.2, 0.25) is 11.8 Å². The first-order chi connectivity index (χ1) is 29.2. The highest BCUT2D eigenvalue weighted by Crippen LogP contribution is 2.32. The van der Waals surface area contributed by atoms with E-state index in [1.54, 1.807) is 15.7 Å². The molecule has 338 valence electrons. The van der Waals surface area contributed by atoms with Gasteiger partial charge in [-0.25, -0.2) is 14.8 Å². The van der Waals surface area contributed by atoms with Crippen LogP contribution in [0.3, 0.4) is 0 Å². The molecular weight excluding hydrogens is 808 g/mol. The number of ether oxygens (including phenoxy) is 7. The number of likely N-dealkylation sites (N-methyl/N-ethyl adjacent to an activating group) is 1. The first kappa shape index (κ1) is 47.3. The second kappa shape index (κ2) is 21.8. The SMILES string of the molecule is CO[C@@H]1OC(CO)[C@@H](O)C(O[C@@H]2OC(C(=O)NCCCCOC(=O)OCn3ccc4c(N(C)[C@H]5CN(C(=O)CC#N)CC[C@H]5C)ncnc43)[C@@H](OC)C(O)C2O)C1NC(C)=O. The minimum Gasteiger partial charge on any atom is -0.434 e. The van der Waals surface area contributed by atoms with E-state index in [1.807, 2.05) is 24.1 Å². The van der Waals surface area contributed by atoms with Crippen LogP contribution in [0.1, 0.15) is 39.5 Å². The van der Waals surface area contributed by atoms with Crippen molar-refractivity contribution in [2.24, 2.45) is 5.92 Å². The summed E-state index contributed by atoms with van der Waals surface area (Å²) in [6.07, 6.45) is -9.86. The van der Waals surface area contributed by atoms with E-state index in [4.69, 9.17) is 38.4 Å². The van der Waals surface area contributed by atoms with Crippen LogP contribution in [-0.2, 0) is 54.3 Å². The molecular formula is C38H56N8O15. The predicted molar refractivity (Wildman–Crippen MR) is 208 cm³/mol. The summed E-state index contributed by atoms with van der Waals surface area (Å²) in [6, 6.07) is 2.54. The Bertz CT molecular complexity index is 1850. The Kier molecular flexibility index (Phi) is 16.9. The molecule has 2 aromatic rings. The van der Waals surface area contributed by atoms with Crippen molar-refractivity contribution in [3.8, 4) is 6.07 Å². The standard InChI is InChI=1S/C38H56N8O15/c1-20-9-13-45(25(49)8-11-39)16-23(20)44(3)33-22-10-14-46(34(22)42-18-41-33)19-58-38(54)57-15-7-6-12-40-35(53)32-31(55-4)28(51)29(52)37(61-32)60-30-26(43-21(2)48)36(56-5)59-24(17-47)27(30)50/h10,14,18,20,23-24,26-32,36-37,47,50-52H,6-9,12-13,15-17,19H2,1-5H3,(H,40,53)(H,43,48)/t20-,23+,24?,26?,27-,28?,29?,30?,31+,32?,36-,37-/m1/s1. The lowest BCUT2D eigenvalue weighted by Crippen LogP contribution is -2.68. The molecule has 5 rings (SSSR count). The molecule has 3 amide bonds. The zero-order valence-electron chi connectivity index (χ0n) is 34.7. The van der Waals surface area contributed by atoms with Gasteiger partial charge in [0.05, 0.1) is 30.7 Å². The molecule has 6 N–H and O–H groups in total.